The molecule has 1 aromatic rings. The monoisotopic (exact) mass is 257 g/mol. The Hall–Kier alpha value is 0.740. The summed E-state index contributed by atoms with van der Waals surface area (Å²) in [7, 11) is 0. The van der Waals surface area contributed by atoms with E-state index in [2.05, 4.69) is 20.9 Å². The van der Waals surface area contributed by atoms with Crippen LogP contribution in [0.1, 0.15) is 5.56 Å². The summed E-state index contributed by atoms with van der Waals surface area (Å²) < 4.78 is 21.1. The number of hydrogen-bond donors (Lipinski definition) is 0. The van der Waals surface area contributed by atoms with Crippen LogP contribution in [0, 0.1) is 0 Å². The van der Waals surface area contributed by atoms with Gasteiger partial charge in [0.2, 0.25) is 0 Å². The molecular formula is C6H5BrNNaO2S. The third kappa shape index (κ3) is 4.69. The summed E-state index contributed by atoms with van der Waals surface area (Å²) in [6, 6.07) is 3.34. The van der Waals surface area contributed by atoms with Crippen molar-refractivity contribution in [3.05, 3.63) is 28.5 Å². The number of nitrogens with zero attached hydrogens (tertiary/aromatic N) is 1. The molecule has 60 valence electrons. The van der Waals surface area contributed by atoms with Crippen molar-refractivity contribution in [1.82, 2.24) is 4.98 Å². The van der Waals surface area contributed by atoms with Crippen LogP contribution in [0.3, 0.4) is 0 Å². The number of pyridine rings is 1. The largest absolute Gasteiger partial charge is 1.00 e. The summed E-state index contributed by atoms with van der Waals surface area (Å²) in [6.45, 7) is 0. The van der Waals surface area contributed by atoms with E-state index in [9.17, 15) is 8.76 Å². The summed E-state index contributed by atoms with van der Waals surface area (Å²) in [6.07, 6.45) is 1.56. The summed E-state index contributed by atoms with van der Waals surface area (Å²) in [5, 5.41) is 0. The second-order valence-corrected chi connectivity index (χ2v) is 3.64. The Labute approximate surface area is 104 Å². The van der Waals surface area contributed by atoms with Crippen molar-refractivity contribution in [2.24, 2.45) is 0 Å². The van der Waals surface area contributed by atoms with Gasteiger partial charge in [-0.25, -0.2) is 4.98 Å². The first-order chi connectivity index (χ1) is 5.18. The number of rotatable bonds is 2. The summed E-state index contributed by atoms with van der Waals surface area (Å²) in [5.74, 6) is 0.0428. The van der Waals surface area contributed by atoms with Crippen LogP contribution in [0.5, 0.6) is 0 Å². The fourth-order valence-electron chi connectivity index (χ4n) is 0.668. The molecule has 1 atom stereocenters. The van der Waals surface area contributed by atoms with Gasteiger partial charge in [0, 0.05) is 11.9 Å². The van der Waals surface area contributed by atoms with Crippen molar-refractivity contribution in [2.45, 2.75) is 5.75 Å². The third-order valence-corrected chi connectivity index (χ3v) is 2.08. The molecule has 3 nitrogen and oxygen atoms in total. The minimum Gasteiger partial charge on any atom is -0.772 e. The molecule has 1 unspecified atom stereocenters. The average Bonchev–Trinajstić information content (AvgIpc) is 1.85. The maximum Gasteiger partial charge on any atom is 1.00 e. The van der Waals surface area contributed by atoms with Gasteiger partial charge in [0.15, 0.2) is 0 Å². The predicted molar refractivity (Wildman–Crippen MR) is 44.6 cm³/mol. The molecule has 0 aliphatic heterocycles. The molecule has 1 rings (SSSR count). The molecule has 1 aromatic heterocycles. The maximum atomic E-state index is 10.2. The van der Waals surface area contributed by atoms with Gasteiger partial charge in [-0.05, 0) is 33.6 Å². The van der Waals surface area contributed by atoms with Crippen LogP contribution in [-0.2, 0) is 16.8 Å². The van der Waals surface area contributed by atoms with Crippen molar-refractivity contribution in [3.8, 4) is 0 Å². The van der Waals surface area contributed by atoms with Crippen molar-refractivity contribution in [3.63, 3.8) is 0 Å². The first kappa shape index (κ1) is 12.7. The molecule has 0 aliphatic rings. The Balaban J connectivity index is 0.00000121. The molecule has 12 heavy (non-hydrogen) atoms. The van der Waals surface area contributed by atoms with Crippen LogP contribution in [0.25, 0.3) is 0 Å². The van der Waals surface area contributed by atoms with Gasteiger partial charge in [-0.15, -0.1) is 0 Å². The quantitative estimate of drug-likeness (QED) is 0.358. The zero-order valence-electron chi connectivity index (χ0n) is 6.49. The van der Waals surface area contributed by atoms with E-state index in [0.29, 0.717) is 4.60 Å². The van der Waals surface area contributed by atoms with Gasteiger partial charge in [-0.1, -0.05) is 11.1 Å². The molecule has 0 amide bonds. The van der Waals surface area contributed by atoms with E-state index in [0.717, 1.165) is 5.56 Å². The predicted octanol–water partition coefficient (Wildman–Crippen LogP) is -1.77. The molecule has 0 aromatic carbocycles. The van der Waals surface area contributed by atoms with Gasteiger partial charge in [0.05, 0.1) is 0 Å². The summed E-state index contributed by atoms with van der Waals surface area (Å²) in [4.78, 5) is 3.86. The van der Waals surface area contributed by atoms with Crippen LogP contribution < -0.4 is 29.6 Å². The van der Waals surface area contributed by atoms with Crippen molar-refractivity contribution >= 4 is 27.0 Å². The first-order valence-electron chi connectivity index (χ1n) is 2.85. The molecule has 0 N–H and O–H groups in total. The molecular weight excluding hydrogens is 253 g/mol. The normalized spacial score (nSPS) is 11.8. The average molecular weight is 258 g/mol. The second-order valence-electron chi connectivity index (χ2n) is 1.93. The van der Waals surface area contributed by atoms with Crippen LogP contribution in [0.4, 0.5) is 0 Å². The summed E-state index contributed by atoms with van der Waals surface area (Å²) in [5.41, 5.74) is 0.736. The smallest absolute Gasteiger partial charge is 0.772 e. The van der Waals surface area contributed by atoms with E-state index in [1.807, 2.05) is 0 Å². The van der Waals surface area contributed by atoms with Crippen LogP contribution >= 0.6 is 15.9 Å². The first-order valence-corrected chi connectivity index (χ1v) is 4.88. The number of halogens is 1. The molecule has 0 aliphatic carbocycles. The molecule has 0 spiro atoms. The van der Waals surface area contributed by atoms with E-state index in [1.165, 1.54) is 0 Å². The SMILES string of the molecule is O=S([O-])Cc1ccnc(Br)c1.[Na+]. The standard InChI is InChI=1S/C6H6BrNO2S.Na/c7-6-3-5(1-2-8-6)4-11(9)10;/h1-3H,4H2,(H,9,10);/q;+1/p-1. The van der Waals surface area contributed by atoms with Gasteiger partial charge in [0.1, 0.15) is 4.60 Å². The molecule has 0 saturated heterocycles. The number of aromatic nitrogens is 1. The summed E-state index contributed by atoms with van der Waals surface area (Å²) >= 11 is 1.12. The zero-order valence-corrected chi connectivity index (χ0v) is 10.9. The van der Waals surface area contributed by atoms with Crippen LogP contribution in [0.15, 0.2) is 22.9 Å². The van der Waals surface area contributed by atoms with E-state index in [-0.39, 0.29) is 35.3 Å². The van der Waals surface area contributed by atoms with E-state index in [4.69, 9.17) is 0 Å². The van der Waals surface area contributed by atoms with Gasteiger partial charge in [0.25, 0.3) is 0 Å². The van der Waals surface area contributed by atoms with Crippen molar-refractivity contribution in [2.75, 3.05) is 0 Å². The molecule has 6 heteroatoms. The zero-order chi connectivity index (χ0) is 8.27. The van der Waals surface area contributed by atoms with Crippen LogP contribution in [-0.4, -0.2) is 13.7 Å². The fraction of sp³-hybridized carbons (Fsp3) is 0.167. The fourth-order valence-corrected chi connectivity index (χ4v) is 1.53. The van der Waals surface area contributed by atoms with Crippen LogP contribution in [0.2, 0.25) is 0 Å². The van der Waals surface area contributed by atoms with E-state index in [1.54, 1.807) is 18.3 Å². The Bertz CT molecular complexity index is 284. The molecule has 0 fully saturated rings. The van der Waals surface area contributed by atoms with E-state index < -0.39 is 11.1 Å². The Morgan fingerprint density at radius 1 is 1.67 bits per heavy atom. The molecule has 0 saturated carbocycles. The Morgan fingerprint density at radius 3 is 2.83 bits per heavy atom. The van der Waals surface area contributed by atoms with Gasteiger partial charge < -0.3 is 4.55 Å². The second kappa shape index (κ2) is 6.23. The topological polar surface area (TPSA) is 53.0 Å². The Morgan fingerprint density at radius 2 is 2.33 bits per heavy atom. The van der Waals surface area contributed by atoms with E-state index >= 15 is 0 Å². The van der Waals surface area contributed by atoms with Gasteiger partial charge in [-0.3, -0.25) is 4.21 Å². The van der Waals surface area contributed by atoms with Crippen molar-refractivity contribution in [1.29, 1.82) is 0 Å². The maximum absolute atomic E-state index is 10.2. The minimum atomic E-state index is -2.02. The van der Waals surface area contributed by atoms with Gasteiger partial charge >= 0.3 is 29.6 Å². The molecule has 1 heterocycles. The minimum absolute atomic E-state index is 0. The molecule has 0 radical (unpaired) electrons. The number of hydrogen-bond acceptors (Lipinski definition) is 3. The van der Waals surface area contributed by atoms with Crippen molar-refractivity contribution < 1.29 is 38.3 Å². The molecule has 0 bridgehead atoms. The Kier molecular flexibility index (Phi) is 6.62. The van der Waals surface area contributed by atoms with Gasteiger partial charge in [-0.2, -0.15) is 0 Å². The third-order valence-electron chi connectivity index (χ3n) is 1.08.